The van der Waals surface area contributed by atoms with Crippen molar-refractivity contribution in [2.75, 3.05) is 0 Å². The van der Waals surface area contributed by atoms with Crippen LogP contribution in [0.15, 0.2) is 33.5 Å². The van der Waals surface area contributed by atoms with Crippen LogP contribution in [0.3, 0.4) is 0 Å². The summed E-state index contributed by atoms with van der Waals surface area (Å²) in [6.07, 6.45) is 0. The van der Waals surface area contributed by atoms with Gasteiger partial charge in [0, 0.05) is 16.1 Å². The van der Waals surface area contributed by atoms with Gasteiger partial charge in [0.2, 0.25) is 5.43 Å². The SMILES string of the molecule is Cc1cc2oc3cc(Cl)ccc3c(=O)c2c(C)c1Cl. The maximum absolute atomic E-state index is 12.5. The van der Waals surface area contributed by atoms with Crippen LogP contribution in [-0.4, -0.2) is 0 Å². The van der Waals surface area contributed by atoms with E-state index in [0.717, 1.165) is 11.1 Å². The molecular formula is C15H10Cl2O2. The summed E-state index contributed by atoms with van der Waals surface area (Å²) in [6.45, 7) is 3.72. The Morgan fingerprint density at radius 1 is 1.05 bits per heavy atom. The molecule has 0 atom stereocenters. The molecule has 3 rings (SSSR count). The van der Waals surface area contributed by atoms with Crippen molar-refractivity contribution in [3.8, 4) is 0 Å². The van der Waals surface area contributed by atoms with E-state index in [2.05, 4.69) is 0 Å². The molecular weight excluding hydrogens is 283 g/mol. The molecule has 0 unspecified atom stereocenters. The lowest BCUT2D eigenvalue weighted by Crippen LogP contribution is -2.04. The third kappa shape index (κ3) is 1.83. The summed E-state index contributed by atoms with van der Waals surface area (Å²) in [5, 5.41) is 2.19. The molecule has 0 saturated heterocycles. The summed E-state index contributed by atoms with van der Waals surface area (Å²) in [7, 11) is 0. The standard InChI is InChI=1S/C15H10Cl2O2/c1-7-5-12-13(8(2)14(7)17)15(18)10-4-3-9(16)6-11(10)19-12/h3-6H,1-2H3. The number of hydrogen-bond acceptors (Lipinski definition) is 2. The Kier molecular flexibility index (Phi) is 2.80. The Morgan fingerprint density at radius 3 is 2.53 bits per heavy atom. The topological polar surface area (TPSA) is 30.2 Å². The highest BCUT2D eigenvalue weighted by molar-refractivity contribution is 6.33. The first kappa shape index (κ1) is 12.5. The third-order valence-corrected chi connectivity index (χ3v) is 4.10. The molecule has 0 saturated carbocycles. The Labute approximate surface area is 119 Å². The molecule has 0 N–H and O–H groups in total. The van der Waals surface area contributed by atoms with Crippen LogP contribution >= 0.6 is 23.2 Å². The van der Waals surface area contributed by atoms with Crippen molar-refractivity contribution in [3.63, 3.8) is 0 Å². The van der Waals surface area contributed by atoms with Crippen molar-refractivity contribution in [1.29, 1.82) is 0 Å². The van der Waals surface area contributed by atoms with E-state index in [1.807, 2.05) is 13.8 Å². The van der Waals surface area contributed by atoms with Crippen molar-refractivity contribution in [1.82, 2.24) is 0 Å². The van der Waals surface area contributed by atoms with Crippen molar-refractivity contribution >= 4 is 45.1 Å². The van der Waals surface area contributed by atoms with E-state index >= 15 is 0 Å². The van der Waals surface area contributed by atoms with Gasteiger partial charge in [0.1, 0.15) is 11.2 Å². The number of aryl methyl sites for hydroxylation is 2. The second kappa shape index (κ2) is 4.26. The fourth-order valence-corrected chi connectivity index (χ4v) is 2.62. The smallest absolute Gasteiger partial charge is 0.200 e. The van der Waals surface area contributed by atoms with E-state index in [1.165, 1.54) is 0 Å². The Hall–Kier alpha value is -1.51. The lowest BCUT2D eigenvalue weighted by atomic mass is 10.0. The summed E-state index contributed by atoms with van der Waals surface area (Å²) in [5.41, 5.74) is 2.59. The fourth-order valence-electron chi connectivity index (χ4n) is 2.31. The summed E-state index contributed by atoms with van der Waals surface area (Å²) in [6, 6.07) is 6.79. The number of benzene rings is 2. The van der Waals surface area contributed by atoms with Crippen LogP contribution in [0.2, 0.25) is 10.0 Å². The molecule has 3 aromatic rings. The minimum absolute atomic E-state index is 0.0766. The summed E-state index contributed by atoms with van der Waals surface area (Å²) < 4.78 is 5.78. The van der Waals surface area contributed by atoms with Crippen LogP contribution in [0.4, 0.5) is 0 Å². The molecule has 2 nitrogen and oxygen atoms in total. The van der Waals surface area contributed by atoms with Gasteiger partial charge >= 0.3 is 0 Å². The van der Waals surface area contributed by atoms with Crippen LogP contribution in [0.25, 0.3) is 21.9 Å². The van der Waals surface area contributed by atoms with Gasteiger partial charge in [-0.25, -0.2) is 0 Å². The van der Waals surface area contributed by atoms with Crippen molar-refractivity contribution in [3.05, 3.63) is 55.7 Å². The molecule has 4 heteroatoms. The first-order valence-electron chi connectivity index (χ1n) is 5.81. The first-order chi connectivity index (χ1) is 8.99. The van der Waals surface area contributed by atoms with Gasteiger partial charge < -0.3 is 4.42 Å². The largest absolute Gasteiger partial charge is 0.456 e. The van der Waals surface area contributed by atoms with Crippen molar-refractivity contribution in [2.24, 2.45) is 0 Å². The van der Waals surface area contributed by atoms with Gasteiger partial charge in [0.15, 0.2) is 0 Å². The lowest BCUT2D eigenvalue weighted by Gasteiger charge is -2.08. The predicted molar refractivity (Wildman–Crippen MR) is 79.5 cm³/mol. The number of halogens is 2. The minimum Gasteiger partial charge on any atom is -0.456 e. The van der Waals surface area contributed by atoms with Gasteiger partial charge in [-0.2, -0.15) is 0 Å². The molecule has 96 valence electrons. The second-order valence-electron chi connectivity index (χ2n) is 4.58. The Morgan fingerprint density at radius 2 is 1.79 bits per heavy atom. The normalized spacial score (nSPS) is 11.4. The van der Waals surface area contributed by atoms with E-state index < -0.39 is 0 Å². The highest BCUT2D eigenvalue weighted by Crippen LogP contribution is 2.29. The molecule has 0 spiro atoms. The highest BCUT2D eigenvalue weighted by atomic mass is 35.5. The zero-order valence-electron chi connectivity index (χ0n) is 10.4. The quantitative estimate of drug-likeness (QED) is 0.553. The lowest BCUT2D eigenvalue weighted by molar-refractivity contribution is 0.659. The summed E-state index contributed by atoms with van der Waals surface area (Å²) in [5.74, 6) is 0. The predicted octanol–water partition coefficient (Wildman–Crippen LogP) is 4.87. The van der Waals surface area contributed by atoms with E-state index in [4.69, 9.17) is 27.6 Å². The van der Waals surface area contributed by atoms with E-state index in [-0.39, 0.29) is 5.43 Å². The maximum Gasteiger partial charge on any atom is 0.200 e. The van der Waals surface area contributed by atoms with Gasteiger partial charge in [0.25, 0.3) is 0 Å². The molecule has 2 aromatic carbocycles. The van der Waals surface area contributed by atoms with Crippen LogP contribution in [0, 0.1) is 13.8 Å². The number of hydrogen-bond donors (Lipinski definition) is 0. The Bertz CT molecular complexity index is 879. The van der Waals surface area contributed by atoms with Gasteiger partial charge in [-0.05, 0) is 43.2 Å². The molecule has 0 radical (unpaired) electrons. The van der Waals surface area contributed by atoms with Gasteiger partial charge in [-0.1, -0.05) is 23.2 Å². The molecule has 1 heterocycles. The van der Waals surface area contributed by atoms with Crippen molar-refractivity contribution < 1.29 is 4.42 Å². The number of fused-ring (bicyclic) bond motifs is 2. The molecule has 0 aliphatic rings. The first-order valence-corrected chi connectivity index (χ1v) is 6.56. The molecule has 0 bridgehead atoms. The molecule has 0 aliphatic carbocycles. The minimum atomic E-state index is -0.0766. The average molecular weight is 293 g/mol. The third-order valence-electron chi connectivity index (χ3n) is 3.28. The van der Waals surface area contributed by atoms with Gasteiger partial charge in [-0.3, -0.25) is 4.79 Å². The number of rotatable bonds is 0. The van der Waals surface area contributed by atoms with E-state index in [9.17, 15) is 4.79 Å². The van der Waals surface area contributed by atoms with Crippen LogP contribution < -0.4 is 5.43 Å². The fraction of sp³-hybridized carbons (Fsp3) is 0.133. The maximum atomic E-state index is 12.5. The summed E-state index contributed by atoms with van der Waals surface area (Å²) >= 11 is 12.1. The molecule has 0 amide bonds. The Balaban J connectivity index is 2.62. The van der Waals surface area contributed by atoms with Gasteiger partial charge in [0.05, 0.1) is 10.8 Å². The second-order valence-corrected chi connectivity index (χ2v) is 5.39. The molecule has 0 fully saturated rings. The van der Waals surface area contributed by atoms with E-state index in [0.29, 0.717) is 32.0 Å². The zero-order chi connectivity index (χ0) is 13.7. The summed E-state index contributed by atoms with van der Waals surface area (Å²) in [4.78, 5) is 12.5. The highest BCUT2D eigenvalue weighted by Gasteiger charge is 2.13. The monoisotopic (exact) mass is 292 g/mol. The van der Waals surface area contributed by atoms with E-state index in [1.54, 1.807) is 24.3 Å². The average Bonchev–Trinajstić information content (AvgIpc) is 2.35. The van der Waals surface area contributed by atoms with Crippen LogP contribution in [0.1, 0.15) is 11.1 Å². The molecule has 19 heavy (non-hydrogen) atoms. The van der Waals surface area contributed by atoms with Crippen molar-refractivity contribution in [2.45, 2.75) is 13.8 Å². The molecule has 0 aliphatic heterocycles. The molecule has 1 aromatic heterocycles. The van der Waals surface area contributed by atoms with Crippen LogP contribution in [-0.2, 0) is 0 Å². The van der Waals surface area contributed by atoms with Crippen LogP contribution in [0.5, 0.6) is 0 Å². The zero-order valence-corrected chi connectivity index (χ0v) is 11.9. The van der Waals surface area contributed by atoms with Gasteiger partial charge in [-0.15, -0.1) is 0 Å².